The average Bonchev–Trinajstić information content (AvgIpc) is 2.46. The van der Waals surface area contributed by atoms with Gasteiger partial charge in [-0.3, -0.25) is 0 Å². The summed E-state index contributed by atoms with van der Waals surface area (Å²) in [6.07, 6.45) is 4.29. The smallest absolute Gasteiger partial charge is 0.179 e. The zero-order chi connectivity index (χ0) is 18.0. The molecule has 0 aromatic heterocycles. The van der Waals surface area contributed by atoms with Crippen LogP contribution >= 0.6 is 0 Å². The molecule has 0 saturated heterocycles. The monoisotopic (exact) mass is 373 g/mol. The molecule has 1 fully saturated rings. The standard InChI is InChI=1S/C17H27NO4S2/c1-13-7-9-16(10-8-13)24(21,22)12-14(2)18-15-5-4-6-17(11-15)23(3,19)20/h7-10,14-15,17-18H,4-6,11-12H2,1-3H3. The van der Waals surface area contributed by atoms with Gasteiger partial charge in [0.05, 0.1) is 15.9 Å². The first-order valence-corrected chi connectivity index (χ1v) is 11.9. The molecule has 2 rings (SSSR count). The third-order valence-electron chi connectivity index (χ3n) is 4.60. The maximum atomic E-state index is 12.5. The molecule has 7 heteroatoms. The van der Waals surface area contributed by atoms with Crippen molar-refractivity contribution in [3.63, 3.8) is 0 Å². The molecule has 0 aliphatic heterocycles. The van der Waals surface area contributed by atoms with E-state index in [1.54, 1.807) is 24.3 Å². The first kappa shape index (κ1) is 19.4. The van der Waals surface area contributed by atoms with Crippen LogP contribution in [0.1, 0.15) is 38.2 Å². The first-order valence-electron chi connectivity index (χ1n) is 8.32. The Hall–Kier alpha value is -0.920. The van der Waals surface area contributed by atoms with Crippen LogP contribution in [0, 0.1) is 6.92 Å². The van der Waals surface area contributed by atoms with Crippen LogP contribution in [0.5, 0.6) is 0 Å². The second-order valence-electron chi connectivity index (χ2n) is 6.98. The molecule has 3 unspecified atom stereocenters. The van der Waals surface area contributed by atoms with Crippen LogP contribution in [0.3, 0.4) is 0 Å². The van der Waals surface area contributed by atoms with Crippen LogP contribution in [-0.4, -0.2) is 46.2 Å². The Balaban J connectivity index is 1.97. The highest BCUT2D eigenvalue weighted by Crippen LogP contribution is 2.24. The molecule has 1 aliphatic carbocycles. The van der Waals surface area contributed by atoms with E-state index >= 15 is 0 Å². The van der Waals surface area contributed by atoms with Crippen LogP contribution in [-0.2, 0) is 19.7 Å². The molecule has 0 spiro atoms. The molecule has 5 nitrogen and oxygen atoms in total. The average molecular weight is 374 g/mol. The molecule has 0 heterocycles. The lowest BCUT2D eigenvalue weighted by Gasteiger charge is -2.31. The van der Waals surface area contributed by atoms with Crippen LogP contribution < -0.4 is 5.32 Å². The summed E-state index contributed by atoms with van der Waals surface area (Å²) in [5.74, 6) is 0.0100. The predicted molar refractivity (Wildman–Crippen MR) is 96.7 cm³/mol. The zero-order valence-electron chi connectivity index (χ0n) is 14.5. The minimum atomic E-state index is -3.35. The molecule has 0 radical (unpaired) electrons. The van der Waals surface area contributed by atoms with Gasteiger partial charge in [-0.05, 0) is 45.2 Å². The molecule has 24 heavy (non-hydrogen) atoms. The van der Waals surface area contributed by atoms with Crippen molar-refractivity contribution in [3.05, 3.63) is 29.8 Å². The third kappa shape index (κ3) is 5.29. The molecule has 1 aliphatic rings. The Morgan fingerprint density at radius 2 is 1.75 bits per heavy atom. The van der Waals surface area contributed by atoms with E-state index in [9.17, 15) is 16.8 Å². The van der Waals surface area contributed by atoms with Gasteiger partial charge in [0.2, 0.25) is 0 Å². The normalized spacial score (nSPS) is 23.8. The van der Waals surface area contributed by atoms with E-state index in [4.69, 9.17) is 0 Å². The lowest BCUT2D eigenvalue weighted by atomic mass is 9.94. The summed E-state index contributed by atoms with van der Waals surface area (Å²) < 4.78 is 48.4. The Morgan fingerprint density at radius 1 is 1.12 bits per heavy atom. The van der Waals surface area contributed by atoms with Gasteiger partial charge >= 0.3 is 0 Å². The summed E-state index contributed by atoms with van der Waals surface area (Å²) in [5.41, 5.74) is 1.02. The van der Waals surface area contributed by atoms with E-state index in [0.717, 1.165) is 18.4 Å². The molecule has 3 atom stereocenters. The van der Waals surface area contributed by atoms with Crippen molar-refractivity contribution in [1.29, 1.82) is 0 Å². The lowest BCUT2D eigenvalue weighted by Crippen LogP contribution is -2.45. The molecular formula is C17H27NO4S2. The van der Waals surface area contributed by atoms with E-state index in [1.165, 1.54) is 6.26 Å². The molecule has 1 aromatic carbocycles. The lowest BCUT2D eigenvalue weighted by molar-refractivity contribution is 0.351. The number of rotatable bonds is 6. The third-order valence-corrected chi connectivity index (χ3v) is 8.17. The predicted octanol–water partition coefficient (Wildman–Crippen LogP) is 2.10. The largest absolute Gasteiger partial charge is 0.310 e. The summed E-state index contributed by atoms with van der Waals surface area (Å²) >= 11 is 0. The number of nitrogens with one attached hydrogen (secondary N) is 1. The summed E-state index contributed by atoms with van der Waals surface area (Å²) in [6, 6.07) is 6.70. The van der Waals surface area contributed by atoms with Crippen molar-refractivity contribution in [2.75, 3.05) is 12.0 Å². The van der Waals surface area contributed by atoms with Gasteiger partial charge in [0.25, 0.3) is 0 Å². The Labute approximate surface area is 145 Å². The molecule has 1 N–H and O–H groups in total. The SMILES string of the molecule is Cc1ccc(S(=O)(=O)CC(C)NC2CCCC(S(C)(=O)=O)C2)cc1. The maximum Gasteiger partial charge on any atom is 0.179 e. The van der Waals surface area contributed by atoms with E-state index in [1.807, 2.05) is 13.8 Å². The number of aryl methyl sites for hydroxylation is 1. The Bertz CT molecular complexity index is 754. The number of hydrogen-bond donors (Lipinski definition) is 1. The summed E-state index contributed by atoms with van der Waals surface area (Å²) in [7, 11) is -6.38. The fourth-order valence-electron chi connectivity index (χ4n) is 3.31. The Kier molecular flexibility index (Phi) is 6.09. The molecule has 136 valence electrons. The number of benzene rings is 1. The number of sulfone groups is 2. The minimum absolute atomic E-state index is 0.0100. The van der Waals surface area contributed by atoms with Crippen molar-refractivity contribution < 1.29 is 16.8 Å². The fraction of sp³-hybridized carbons (Fsp3) is 0.647. The topological polar surface area (TPSA) is 80.3 Å². The summed E-state index contributed by atoms with van der Waals surface area (Å²) in [6.45, 7) is 3.76. The van der Waals surface area contributed by atoms with Crippen molar-refractivity contribution in [1.82, 2.24) is 5.32 Å². The van der Waals surface area contributed by atoms with Crippen molar-refractivity contribution in [2.24, 2.45) is 0 Å². The van der Waals surface area contributed by atoms with E-state index in [2.05, 4.69) is 5.32 Å². The van der Waals surface area contributed by atoms with E-state index in [-0.39, 0.29) is 23.1 Å². The molecule has 0 bridgehead atoms. The molecular weight excluding hydrogens is 346 g/mol. The molecule has 1 aromatic rings. The Morgan fingerprint density at radius 3 is 2.33 bits per heavy atom. The second-order valence-corrected chi connectivity index (χ2v) is 11.3. The van der Waals surface area contributed by atoms with Gasteiger partial charge in [-0.15, -0.1) is 0 Å². The van der Waals surface area contributed by atoms with Crippen molar-refractivity contribution >= 4 is 19.7 Å². The van der Waals surface area contributed by atoms with E-state index < -0.39 is 19.7 Å². The van der Waals surface area contributed by atoms with Gasteiger partial charge in [0, 0.05) is 18.3 Å². The van der Waals surface area contributed by atoms with Crippen molar-refractivity contribution in [3.8, 4) is 0 Å². The fourth-order valence-corrected chi connectivity index (χ4v) is 5.98. The zero-order valence-corrected chi connectivity index (χ0v) is 16.2. The van der Waals surface area contributed by atoms with Gasteiger partial charge in [-0.25, -0.2) is 16.8 Å². The van der Waals surface area contributed by atoms with Crippen LogP contribution in [0.2, 0.25) is 0 Å². The van der Waals surface area contributed by atoms with Crippen LogP contribution in [0.15, 0.2) is 29.2 Å². The van der Waals surface area contributed by atoms with Gasteiger partial charge in [0.1, 0.15) is 9.84 Å². The highest BCUT2D eigenvalue weighted by Gasteiger charge is 2.30. The molecule has 0 amide bonds. The number of hydrogen-bond acceptors (Lipinski definition) is 5. The van der Waals surface area contributed by atoms with E-state index in [0.29, 0.717) is 17.7 Å². The first-order chi connectivity index (χ1) is 11.1. The van der Waals surface area contributed by atoms with Crippen LogP contribution in [0.25, 0.3) is 0 Å². The molecule has 1 saturated carbocycles. The summed E-state index contributed by atoms with van der Waals surface area (Å²) in [5, 5.41) is 3.00. The van der Waals surface area contributed by atoms with Gasteiger partial charge < -0.3 is 5.32 Å². The summed E-state index contributed by atoms with van der Waals surface area (Å²) in [4.78, 5) is 0.333. The van der Waals surface area contributed by atoms with Crippen LogP contribution in [0.4, 0.5) is 0 Å². The quantitative estimate of drug-likeness (QED) is 0.826. The highest BCUT2D eigenvalue weighted by atomic mass is 32.2. The second kappa shape index (κ2) is 7.54. The van der Waals surface area contributed by atoms with Gasteiger partial charge in [-0.2, -0.15) is 0 Å². The van der Waals surface area contributed by atoms with Gasteiger partial charge in [-0.1, -0.05) is 24.1 Å². The minimum Gasteiger partial charge on any atom is -0.310 e. The highest BCUT2D eigenvalue weighted by molar-refractivity contribution is 7.91. The van der Waals surface area contributed by atoms with Crippen molar-refractivity contribution in [2.45, 2.75) is 61.8 Å². The maximum absolute atomic E-state index is 12.5. The van der Waals surface area contributed by atoms with Gasteiger partial charge in [0.15, 0.2) is 9.84 Å².